The lowest BCUT2D eigenvalue weighted by Gasteiger charge is -2.13. The first kappa shape index (κ1) is 11.8. The highest BCUT2D eigenvalue weighted by Gasteiger charge is 2.20. The van der Waals surface area contributed by atoms with Crippen LogP contribution in [0.25, 0.3) is 0 Å². The summed E-state index contributed by atoms with van der Waals surface area (Å²) >= 11 is 7.31. The Kier molecular flexibility index (Phi) is 3.35. The van der Waals surface area contributed by atoms with Crippen molar-refractivity contribution in [2.24, 2.45) is 0 Å². The van der Waals surface area contributed by atoms with Gasteiger partial charge < -0.3 is 5.32 Å². The average Bonchev–Trinajstić information content (AvgIpc) is 2.57. The van der Waals surface area contributed by atoms with E-state index in [4.69, 9.17) is 12.2 Å². The molecular formula is C15H13NS2. The molecule has 1 aliphatic heterocycles. The van der Waals surface area contributed by atoms with Gasteiger partial charge in [-0.3, -0.25) is 0 Å². The number of anilines is 1. The number of para-hydroxylation sites is 1. The quantitative estimate of drug-likeness (QED) is 0.757. The molecule has 18 heavy (non-hydrogen) atoms. The Morgan fingerprint density at radius 3 is 2.56 bits per heavy atom. The van der Waals surface area contributed by atoms with Crippen molar-refractivity contribution < 1.29 is 0 Å². The first-order chi connectivity index (χ1) is 8.83. The molecule has 0 aliphatic carbocycles. The van der Waals surface area contributed by atoms with E-state index in [0.717, 1.165) is 17.1 Å². The van der Waals surface area contributed by atoms with Gasteiger partial charge in [0.1, 0.15) is 0 Å². The zero-order valence-electron chi connectivity index (χ0n) is 9.80. The number of fused-ring (bicyclic) bond motifs is 1. The summed E-state index contributed by atoms with van der Waals surface area (Å²) in [6, 6.07) is 18.9. The molecule has 1 atom stereocenters. The van der Waals surface area contributed by atoms with Crippen LogP contribution in [-0.2, 0) is 0 Å². The Morgan fingerprint density at radius 1 is 1.00 bits per heavy atom. The summed E-state index contributed by atoms with van der Waals surface area (Å²) < 4.78 is 0. The van der Waals surface area contributed by atoms with Gasteiger partial charge in [-0.25, -0.2) is 0 Å². The molecule has 0 aromatic heterocycles. The van der Waals surface area contributed by atoms with Crippen molar-refractivity contribution in [1.82, 2.24) is 0 Å². The molecule has 0 spiro atoms. The second-order valence-corrected chi connectivity index (χ2v) is 6.00. The van der Waals surface area contributed by atoms with E-state index < -0.39 is 0 Å². The van der Waals surface area contributed by atoms with Gasteiger partial charge in [-0.1, -0.05) is 54.7 Å². The van der Waals surface area contributed by atoms with Gasteiger partial charge in [0.05, 0.1) is 10.7 Å². The number of benzene rings is 2. The third kappa shape index (κ3) is 2.42. The summed E-state index contributed by atoms with van der Waals surface area (Å²) in [6.07, 6.45) is 0.888. The van der Waals surface area contributed by atoms with Crippen LogP contribution in [-0.4, -0.2) is 4.99 Å². The molecule has 0 fully saturated rings. The summed E-state index contributed by atoms with van der Waals surface area (Å²) in [5.41, 5.74) is 2.47. The van der Waals surface area contributed by atoms with Crippen LogP contribution in [0, 0.1) is 0 Å². The number of nitrogens with one attached hydrogen (secondary N) is 1. The van der Waals surface area contributed by atoms with Crippen molar-refractivity contribution in [3.63, 3.8) is 0 Å². The van der Waals surface area contributed by atoms with Crippen molar-refractivity contribution in [2.75, 3.05) is 5.32 Å². The lowest BCUT2D eigenvalue weighted by molar-refractivity contribution is 1.02. The maximum absolute atomic E-state index is 5.42. The molecule has 1 nitrogen and oxygen atoms in total. The monoisotopic (exact) mass is 271 g/mol. The fourth-order valence-electron chi connectivity index (χ4n) is 2.09. The van der Waals surface area contributed by atoms with Crippen molar-refractivity contribution in [3.05, 3.63) is 60.2 Å². The summed E-state index contributed by atoms with van der Waals surface area (Å²) in [4.78, 5) is 2.19. The van der Waals surface area contributed by atoms with Gasteiger partial charge in [-0.15, -0.1) is 11.8 Å². The highest BCUT2D eigenvalue weighted by atomic mass is 32.2. The van der Waals surface area contributed by atoms with E-state index in [1.54, 1.807) is 0 Å². The Morgan fingerprint density at radius 2 is 1.72 bits per heavy atom. The topological polar surface area (TPSA) is 12.0 Å². The van der Waals surface area contributed by atoms with Crippen LogP contribution in [0.2, 0.25) is 0 Å². The van der Waals surface area contributed by atoms with Crippen molar-refractivity contribution in [1.29, 1.82) is 0 Å². The first-order valence-electron chi connectivity index (χ1n) is 5.93. The SMILES string of the molecule is S=C1C[C@H](c2ccccc2)Sc2ccccc2N1. The van der Waals surface area contributed by atoms with Crippen LogP contribution in [0.4, 0.5) is 5.69 Å². The molecule has 3 rings (SSSR count). The fourth-order valence-corrected chi connectivity index (χ4v) is 3.73. The lowest BCUT2D eigenvalue weighted by atomic mass is 10.1. The molecule has 0 saturated carbocycles. The predicted octanol–water partition coefficient (Wildman–Crippen LogP) is 4.66. The van der Waals surface area contributed by atoms with E-state index in [-0.39, 0.29) is 0 Å². The molecule has 3 heteroatoms. The van der Waals surface area contributed by atoms with E-state index in [1.165, 1.54) is 10.5 Å². The van der Waals surface area contributed by atoms with Crippen LogP contribution in [0.15, 0.2) is 59.5 Å². The van der Waals surface area contributed by atoms with E-state index >= 15 is 0 Å². The maximum Gasteiger partial charge on any atom is 0.0812 e. The molecule has 2 aromatic rings. The number of hydrogen-bond donors (Lipinski definition) is 1. The molecule has 0 saturated heterocycles. The highest BCUT2D eigenvalue weighted by molar-refractivity contribution is 7.99. The maximum atomic E-state index is 5.42. The van der Waals surface area contributed by atoms with Gasteiger partial charge in [0.25, 0.3) is 0 Å². The molecule has 1 aliphatic rings. The van der Waals surface area contributed by atoms with E-state index in [2.05, 4.69) is 53.8 Å². The largest absolute Gasteiger partial charge is 0.349 e. The van der Waals surface area contributed by atoms with Gasteiger partial charge in [0, 0.05) is 16.6 Å². The lowest BCUT2D eigenvalue weighted by Crippen LogP contribution is -2.09. The third-order valence-electron chi connectivity index (χ3n) is 2.97. The Hall–Kier alpha value is -1.32. The smallest absolute Gasteiger partial charge is 0.0812 e. The average molecular weight is 271 g/mol. The first-order valence-corrected chi connectivity index (χ1v) is 7.22. The minimum absolute atomic E-state index is 0.398. The second kappa shape index (κ2) is 5.12. The predicted molar refractivity (Wildman–Crippen MR) is 82.3 cm³/mol. The third-order valence-corrected chi connectivity index (χ3v) is 4.57. The molecule has 1 heterocycles. The second-order valence-electron chi connectivity index (χ2n) is 4.27. The van der Waals surface area contributed by atoms with Gasteiger partial charge in [0.15, 0.2) is 0 Å². The Labute approximate surface area is 117 Å². The minimum atomic E-state index is 0.398. The number of thiocarbonyl (C=S) groups is 1. The van der Waals surface area contributed by atoms with Crippen molar-refractivity contribution in [3.8, 4) is 0 Å². The van der Waals surface area contributed by atoms with Crippen LogP contribution in [0.1, 0.15) is 17.2 Å². The van der Waals surface area contributed by atoms with E-state index in [1.807, 2.05) is 17.8 Å². The zero-order chi connectivity index (χ0) is 12.4. The zero-order valence-corrected chi connectivity index (χ0v) is 11.4. The standard InChI is InChI=1S/C15H13NS2/c17-15-10-14(11-6-2-1-3-7-11)18-13-9-5-4-8-12(13)16-15/h1-9,14H,10H2,(H,16,17)/t14-/m1/s1. The van der Waals surface area contributed by atoms with E-state index in [9.17, 15) is 0 Å². The summed E-state index contributed by atoms with van der Waals surface area (Å²) in [7, 11) is 0. The van der Waals surface area contributed by atoms with Crippen LogP contribution in [0.5, 0.6) is 0 Å². The summed E-state index contributed by atoms with van der Waals surface area (Å²) in [6.45, 7) is 0. The van der Waals surface area contributed by atoms with Crippen LogP contribution < -0.4 is 5.32 Å². The van der Waals surface area contributed by atoms with Crippen LogP contribution >= 0.6 is 24.0 Å². The Balaban J connectivity index is 1.97. The normalized spacial score (nSPS) is 18.7. The molecule has 1 N–H and O–H groups in total. The molecular weight excluding hydrogens is 258 g/mol. The molecule has 0 bridgehead atoms. The number of hydrogen-bond acceptors (Lipinski definition) is 2. The van der Waals surface area contributed by atoms with Crippen LogP contribution in [0.3, 0.4) is 0 Å². The minimum Gasteiger partial charge on any atom is -0.349 e. The van der Waals surface area contributed by atoms with Gasteiger partial charge in [-0.2, -0.15) is 0 Å². The van der Waals surface area contributed by atoms with Gasteiger partial charge in [-0.05, 0) is 17.7 Å². The van der Waals surface area contributed by atoms with Gasteiger partial charge >= 0.3 is 0 Å². The van der Waals surface area contributed by atoms with Crippen molar-refractivity contribution in [2.45, 2.75) is 16.6 Å². The van der Waals surface area contributed by atoms with Crippen molar-refractivity contribution >= 4 is 34.7 Å². The molecule has 0 unspecified atom stereocenters. The number of thioether (sulfide) groups is 1. The number of rotatable bonds is 1. The molecule has 2 aromatic carbocycles. The summed E-state index contributed by atoms with van der Waals surface area (Å²) in [5, 5.41) is 3.73. The molecule has 0 radical (unpaired) electrons. The molecule has 0 amide bonds. The summed E-state index contributed by atoms with van der Waals surface area (Å²) in [5.74, 6) is 0. The van der Waals surface area contributed by atoms with Gasteiger partial charge in [0.2, 0.25) is 0 Å². The molecule has 90 valence electrons. The Bertz CT molecular complexity index is 566. The highest BCUT2D eigenvalue weighted by Crippen LogP contribution is 2.43. The van der Waals surface area contributed by atoms with E-state index in [0.29, 0.717) is 5.25 Å². The fraction of sp³-hybridized carbons (Fsp3) is 0.133.